The molecule has 1 heterocycles. The lowest BCUT2D eigenvalue weighted by atomic mass is 10.2. The van der Waals surface area contributed by atoms with Gasteiger partial charge in [-0.2, -0.15) is 0 Å². The third-order valence-electron chi connectivity index (χ3n) is 3.64. The number of nitrogens with two attached hydrogens (primary N) is 1. The fourth-order valence-corrected chi connectivity index (χ4v) is 4.70. The molecule has 22 heavy (non-hydrogen) atoms. The zero-order valence-corrected chi connectivity index (χ0v) is 15.0. The highest BCUT2D eigenvalue weighted by Gasteiger charge is 2.34. The molecule has 1 atom stereocenters. The van der Waals surface area contributed by atoms with Crippen molar-refractivity contribution in [1.82, 2.24) is 4.72 Å². The Kier molecular flexibility index (Phi) is 5.60. The highest BCUT2D eigenvalue weighted by atomic mass is 79.9. The molecular weight excluding hydrogens is 396 g/mol. The van der Waals surface area contributed by atoms with Crippen LogP contribution in [0, 0.1) is 5.92 Å². The molecule has 0 bridgehead atoms. The van der Waals surface area contributed by atoms with Crippen molar-refractivity contribution < 1.29 is 17.9 Å². The van der Waals surface area contributed by atoms with E-state index in [4.69, 9.17) is 15.2 Å². The monoisotopic (exact) mass is 412 g/mol. The predicted molar refractivity (Wildman–Crippen MR) is 88.3 cm³/mol. The van der Waals surface area contributed by atoms with Crippen molar-refractivity contribution in [3.05, 3.63) is 16.6 Å². The summed E-state index contributed by atoms with van der Waals surface area (Å²) in [5.74, 6) is 1.34. The fraction of sp³-hybridized carbons (Fsp3) is 0.538. The molecule has 3 rings (SSSR count). The highest BCUT2D eigenvalue weighted by molar-refractivity contribution is 9.10. The van der Waals surface area contributed by atoms with Crippen LogP contribution in [-0.4, -0.2) is 34.2 Å². The van der Waals surface area contributed by atoms with E-state index in [-0.39, 0.29) is 23.3 Å². The van der Waals surface area contributed by atoms with E-state index in [1.54, 1.807) is 6.07 Å². The van der Waals surface area contributed by atoms with Crippen LogP contribution < -0.4 is 19.9 Å². The fourth-order valence-electron chi connectivity index (χ4n) is 2.35. The van der Waals surface area contributed by atoms with Crippen LogP contribution in [0.3, 0.4) is 0 Å². The zero-order chi connectivity index (χ0) is 15.0. The first-order valence-corrected chi connectivity index (χ1v) is 9.10. The average Bonchev–Trinajstić information content (AvgIpc) is 3.28. The topological polar surface area (TPSA) is 90.7 Å². The van der Waals surface area contributed by atoms with E-state index in [9.17, 15) is 8.42 Å². The first-order chi connectivity index (χ1) is 10.0. The third kappa shape index (κ3) is 3.68. The lowest BCUT2D eigenvalue weighted by molar-refractivity contribution is 0.171. The van der Waals surface area contributed by atoms with Gasteiger partial charge in [0.15, 0.2) is 11.5 Å². The Morgan fingerprint density at radius 1 is 1.27 bits per heavy atom. The van der Waals surface area contributed by atoms with Gasteiger partial charge in [-0.15, -0.1) is 12.4 Å². The zero-order valence-electron chi connectivity index (χ0n) is 11.7. The van der Waals surface area contributed by atoms with Gasteiger partial charge in [0.1, 0.15) is 18.1 Å². The molecule has 6 nitrogen and oxygen atoms in total. The first-order valence-electron chi connectivity index (χ1n) is 6.83. The molecule has 1 aromatic rings. The summed E-state index contributed by atoms with van der Waals surface area (Å²) in [6, 6.07) is 2.90. The van der Waals surface area contributed by atoms with E-state index >= 15 is 0 Å². The molecule has 1 fully saturated rings. The van der Waals surface area contributed by atoms with Crippen LogP contribution in [0.4, 0.5) is 0 Å². The van der Waals surface area contributed by atoms with E-state index < -0.39 is 10.0 Å². The summed E-state index contributed by atoms with van der Waals surface area (Å²) >= 11 is 3.29. The number of benzene rings is 1. The van der Waals surface area contributed by atoms with Gasteiger partial charge in [-0.25, -0.2) is 13.1 Å². The normalized spacial score (nSPS) is 18.5. The van der Waals surface area contributed by atoms with Crippen molar-refractivity contribution in [3.8, 4) is 11.5 Å². The largest absolute Gasteiger partial charge is 0.486 e. The number of halogens is 2. The minimum absolute atomic E-state index is 0. The summed E-state index contributed by atoms with van der Waals surface area (Å²) in [4.78, 5) is 0.144. The van der Waals surface area contributed by atoms with Gasteiger partial charge >= 0.3 is 0 Å². The van der Waals surface area contributed by atoms with Gasteiger partial charge in [-0.1, -0.05) is 0 Å². The molecule has 0 radical (unpaired) electrons. The molecular formula is C13H18BrClN2O4S. The van der Waals surface area contributed by atoms with Gasteiger partial charge in [-0.05, 0) is 40.8 Å². The second kappa shape index (κ2) is 6.92. The van der Waals surface area contributed by atoms with Crippen molar-refractivity contribution in [2.75, 3.05) is 19.8 Å². The summed E-state index contributed by atoms with van der Waals surface area (Å²) in [7, 11) is -3.65. The average molecular weight is 414 g/mol. The predicted octanol–water partition coefficient (Wildman–Crippen LogP) is 1.66. The summed E-state index contributed by atoms with van der Waals surface area (Å²) in [6.07, 6.45) is 2.04. The van der Waals surface area contributed by atoms with Gasteiger partial charge in [-0.3, -0.25) is 0 Å². The van der Waals surface area contributed by atoms with Crippen molar-refractivity contribution >= 4 is 38.4 Å². The van der Waals surface area contributed by atoms with Crippen molar-refractivity contribution in [1.29, 1.82) is 0 Å². The van der Waals surface area contributed by atoms with Crippen molar-refractivity contribution in [2.24, 2.45) is 11.7 Å². The molecule has 1 aliphatic carbocycles. The van der Waals surface area contributed by atoms with Gasteiger partial charge in [0.2, 0.25) is 10.0 Å². The van der Waals surface area contributed by atoms with Crippen LogP contribution in [0.5, 0.6) is 11.5 Å². The molecule has 3 N–H and O–H groups in total. The number of hydrogen-bond donors (Lipinski definition) is 2. The Labute approximate surface area is 144 Å². The highest BCUT2D eigenvalue weighted by Crippen LogP contribution is 2.38. The minimum Gasteiger partial charge on any atom is -0.486 e. The second-order valence-corrected chi connectivity index (χ2v) is 7.76. The Balaban J connectivity index is 0.00000176. The molecule has 1 unspecified atom stereocenters. The molecule has 2 aliphatic rings. The molecule has 0 aromatic heterocycles. The van der Waals surface area contributed by atoms with Crippen molar-refractivity contribution in [2.45, 2.75) is 23.8 Å². The SMILES string of the molecule is Cl.NCC(NS(=O)(=O)c1cc2c(cc1Br)OCCO2)C1CC1. The van der Waals surface area contributed by atoms with Crippen LogP contribution in [0.25, 0.3) is 0 Å². The van der Waals surface area contributed by atoms with Crippen LogP contribution in [-0.2, 0) is 10.0 Å². The number of nitrogens with one attached hydrogen (secondary N) is 1. The Hall–Kier alpha value is -0.540. The molecule has 1 aromatic carbocycles. The van der Waals surface area contributed by atoms with Gasteiger partial charge in [0.25, 0.3) is 0 Å². The molecule has 0 amide bonds. The minimum atomic E-state index is -3.65. The molecule has 0 spiro atoms. The number of rotatable bonds is 5. The molecule has 0 saturated heterocycles. The maximum atomic E-state index is 12.5. The summed E-state index contributed by atoms with van der Waals surface area (Å²) < 4.78 is 39.1. The van der Waals surface area contributed by atoms with Crippen LogP contribution >= 0.6 is 28.3 Å². The summed E-state index contributed by atoms with van der Waals surface area (Å²) in [5, 5.41) is 0. The second-order valence-electron chi connectivity index (χ2n) is 5.23. The van der Waals surface area contributed by atoms with Crippen LogP contribution in [0.1, 0.15) is 12.8 Å². The quantitative estimate of drug-likeness (QED) is 0.766. The Bertz CT molecular complexity index is 652. The third-order valence-corrected chi connectivity index (χ3v) is 6.09. The molecule has 1 aliphatic heterocycles. The number of ether oxygens (including phenoxy) is 2. The summed E-state index contributed by atoms with van der Waals surface area (Å²) in [5.41, 5.74) is 5.66. The van der Waals surface area contributed by atoms with Gasteiger partial charge in [0.05, 0.1) is 0 Å². The summed E-state index contributed by atoms with van der Waals surface area (Å²) in [6.45, 7) is 1.17. The van der Waals surface area contributed by atoms with E-state index in [2.05, 4.69) is 20.7 Å². The number of sulfonamides is 1. The number of hydrogen-bond acceptors (Lipinski definition) is 5. The van der Waals surface area contributed by atoms with Crippen LogP contribution in [0.15, 0.2) is 21.5 Å². The lowest BCUT2D eigenvalue weighted by Crippen LogP contribution is -2.41. The van der Waals surface area contributed by atoms with E-state index in [1.807, 2.05) is 0 Å². The van der Waals surface area contributed by atoms with E-state index in [1.165, 1.54) is 6.07 Å². The van der Waals surface area contributed by atoms with E-state index in [0.29, 0.717) is 41.6 Å². The number of fused-ring (bicyclic) bond motifs is 1. The van der Waals surface area contributed by atoms with Gasteiger partial charge < -0.3 is 15.2 Å². The van der Waals surface area contributed by atoms with Crippen LogP contribution in [0.2, 0.25) is 0 Å². The van der Waals surface area contributed by atoms with E-state index in [0.717, 1.165) is 12.8 Å². The molecule has 1 saturated carbocycles. The Morgan fingerprint density at radius 2 is 1.86 bits per heavy atom. The van der Waals surface area contributed by atoms with Gasteiger partial charge in [0, 0.05) is 23.1 Å². The maximum Gasteiger partial charge on any atom is 0.242 e. The Morgan fingerprint density at radius 3 is 2.41 bits per heavy atom. The maximum absolute atomic E-state index is 12.5. The molecule has 124 valence electrons. The molecule has 9 heteroatoms. The van der Waals surface area contributed by atoms with Crippen molar-refractivity contribution in [3.63, 3.8) is 0 Å². The smallest absolute Gasteiger partial charge is 0.242 e. The first kappa shape index (κ1) is 17.8. The standard InChI is InChI=1S/C13H17BrN2O4S.ClH/c14-9-5-11-12(20-4-3-19-11)6-13(9)21(17,18)16-10(7-15)8-1-2-8;/h5-6,8,10,16H,1-4,7,15H2;1H. The lowest BCUT2D eigenvalue weighted by Gasteiger charge is -2.21.